The first kappa shape index (κ1) is 21.2. The van der Waals surface area contributed by atoms with E-state index in [0.717, 1.165) is 5.56 Å². The maximum atomic E-state index is 12.9. The van der Waals surface area contributed by atoms with Crippen LogP contribution in [0.2, 0.25) is 0 Å². The predicted molar refractivity (Wildman–Crippen MR) is 102 cm³/mol. The van der Waals surface area contributed by atoms with E-state index in [1.807, 2.05) is 6.92 Å². The highest BCUT2D eigenvalue weighted by Gasteiger charge is 2.17. The van der Waals surface area contributed by atoms with Crippen molar-refractivity contribution in [3.8, 4) is 11.5 Å². The fraction of sp³-hybridized carbons (Fsp3) is 0.333. The highest BCUT2D eigenvalue weighted by Crippen LogP contribution is 2.17. The molecule has 150 valence electrons. The zero-order valence-electron chi connectivity index (χ0n) is 15.9. The third kappa shape index (κ3) is 7.26. The first-order chi connectivity index (χ1) is 13.5. The largest absolute Gasteiger partial charge is 0.494 e. The summed E-state index contributed by atoms with van der Waals surface area (Å²) < 4.78 is 28.6. The SMILES string of the molecule is CCOc1ccc(OCC(=O)O[C@@H](C)C(=O)NCCc2ccc(F)cc2)cc1. The van der Waals surface area contributed by atoms with Gasteiger partial charge in [-0.15, -0.1) is 0 Å². The maximum absolute atomic E-state index is 12.9. The number of carbonyl (C=O) groups excluding carboxylic acids is 2. The van der Waals surface area contributed by atoms with Crippen molar-refractivity contribution in [2.45, 2.75) is 26.4 Å². The molecule has 0 aliphatic rings. The van der Waals surface area contributed by atoms with Crippen molar-refractivity contribution in [3.05, 3.63) is 59.9 Å². The average molecular weight is 389 g/mol. The molecule has 2 aromatic carbocycles. The summed E-state index contributed by atoms with van der Waals surface area (Å²) in [5, 5.41) is 2.68. The molecule has 0 saturated heterocycles. The molecule has 28 heavy (non-hydrogen) atoms. The van der Waals surface area contributed by atoms with E-state index >= 15 is 0 Å². The molecule has 0 bridgehead atoms. The summed E-state index contributed by atoms with van der Waals surface area (Å²) in [6, 6.07) is 12.9. The van der Waals surface area contributed by atoms with Gasteiger partial charge in [-0.05, 0) is 62.2 Å². The molecule has 2 aromatic rings. The Morgan fingerprint density at radius 1 is 1.00 bits per heavy atom. The number of carbonyl (C=O) groups is 2. The Morgan fingerprint density at radius 3 is 2.21 bits per heavy atom. The van der Waals surface area contributed by atoms with Gasteiger partial charge in [-0.1, -0.05) is 12.1 Å². The number of benzene rings is 2. The van der Waals surface area contributed by atoms with Gasteiger partial charge in [0.2, 0.25) is 0 Å². The van der Waals surface area contributed by atoms with Crippen LogP contribution in [0.3, 0.4) is 0 Å². The Labute approximate surface area is 163 Å². The smallest absolute Gasteiger partial charge is 0.344 e. The van der Waals surface area contributed by atoms with Crippen molar-refractivity contribution in [1.82, 2.24) is 5.32 Å². The molecule has 0 saturated carbocycles. The van der Waals surface area contributed by atoms with Crippen molar-refractivity contribution >= 4 is 11.9 Å². The van der Waals surface area contributed by atoms with Gasteiger partial charge in [0.1, 0.15) is 17.3 Å². The zero-order valence-corrected chi connectivity index (χ0v) is 15.9. The Bertz CT molecular complexity index is 761. The van der Waals surface area contributed by atoms with Gasteiger partial charge in [0.15, 0.2) is 12.7 Å². The highest BCUT2D eigenvalue weighted by atomic mass is 19.1. The number of nitrogens with one attached hydrogen (secondary N) is 1. The number of rotatable bonds is 10. The van der Waals surface area contributed by atoms with Crippen molar-refractivity contribution in [2.24, 2.45) is 0 Å². The van der Waals surface area contributed by atoms with Gasteiger partial charge < -0.3 is 19.5 Å². The number of amides is 1. The highest BCUT2D eigenvalue weighted by molar-refractivity contribution is 5.83. The molecule has 2 rings (SSSR count). The van der Waals surface area contributed by atoms with Crippen LogP contribution >= 0.6 is 0 Å². The van der Waals surface area contributed by atoms with E-state index < -0.39 is 18.0 Å². The molecule has 0 unspecified atom stereocenters. The van der Waals surface area contributed by atoms with Crippen molar-refractivity contribution in [2.75, 3.05) is 19.8 Å². The molecule has 0 spiro atoms. The van der Waals surface area contributed by atoms with Crippen LogP contribution in [0.15, 0.2) is 48.5 Å². The number of halogens is 1. The van der Waals surface area contributed by atoms with Gasteiger partial charge in [-0.25, -0.2) is 9.18 Å². The lowest BCUT2D eigenvalue weighted by atomic mass is 10.1. The molecule has 1 N–H and O–H groups in total. The summed E-state index contributed by atoms with van der Waals surface area (Å²) in [4.78, 5) is 23.8. The van der Waals surface area contributed by atoms with Crippen molar-refractivity contribution in [3.63, 3.8) is 0 Å². The van der Waals surface area contributed by atoms with E-state index in [1.165, 1.54) is 19.1 Å². The van der Waals surface area contributed by atoms with Gasteiger partial charge in [0, 0.05) is 6.54 Å². The van der Waals surface area contributed by atoms with Crippen LogP contribution in [0.5, 0.6) is 11.5 Å². The van der Waals surface area contributed by atoms with E-state index in [2.05, 4.69) is 5.32 Å². The summed E-state index contributed by atoms with van der Waals surface area (Å²) in [5.74, 6) is -0.146. The second-order valence-electron chi connectivity index (χ2n) is 5.99. The summed E-state index contributed by atoms with van der Waals surface area (Å²) in [5.41, 5.74) is 0.898. The molecule has 7 heteroatoms. The fourth-order valence-corrected chi connectivity index (χ4v) is 2.35. The molecular formula is C21H24FNO5. The maximum Gasteiger partial charge on any atom is 0.344 e. The molecule has 0 aromatic heterocycles. The van der Waals surface area contributed by atoms with Crippen LogP contribution in [-0.4, -0.2) is 37.7 Å². The average Bonchev–Trinajstić information content (AvgIpc) is 2.69. The molecule has 0 aliphatic heterocycles. The molecular weight excluding hydrogens is 365 g/mol. The van der Waals surface area contributed by atoms with Crippen LogP contribution in [0.25, 0.3) is 0 Å². The zero-order chi connectivity index (χ0) is 20.4. The molecule has 0 aliphatic carbocycles. The van der Waals surface area contributed by atoms with Crippen LogP contribution in [0.4, 0.5) is 4.39 Å². The first-order valence-electron chi connectivity index (χ1n) is 9.05. The lowest BCUT2D eigenvalue weighted by molar-refractivity contribution is -0.156. The summed E-state index contributed by atoms with van der Waals surface area (Å²) in [6.45, 7) is 4.00. The molecule has 0 fully saturated rings. The molecule has 1 amide bonds. The summed E-state index contributed by atoms with van der Waals surface area (Å²) in [7, 11) is 0. The topological polar surface area (TPSA) is 73.9 Å². The Hall–Kier alpha value is -3.09. The second kappa shape index (κ2) is 10.9. The monoisotopic (exact) mass is 389 g/mol. The Balaban J connectivity index is 1.67. The predicted octanol–water partition coefficient (Wildman–Crippen LogP) is 2.89. The quantitative estimate of drug-likeness (QED) is 0.633. The number of hydrogen-bond donors (Lipinski definition) is 1. The van der Waals surface area contributed by atoms with Crippen LogP contribution in [0, 0.1) is 5.82 Å². The number of hydrogen-bond acceptors (Lipinski definition) is 5. The normalized spacial score (nSPS) is 11.4. The minimum atomic E-state index is -0.940. The molecule has 6 nitrogen and oxygen atoms in total. The van der Waals surface area contributed by atoms with Gasteiger partial charge >= 0.3 is 5.97 Å². The van der Waals surface area contributed by atoms with Crippen LogP contribution < -0.4 is 14.8 Å². The third-order valence-electron chi connectivity index (χ3n) is 3.80. The van der Waals surface area contributed by atoms with Crippen molar-refractivity contribution in [1.29, 1.82) is 0 Å². The van der Waals surface area contributed by atoms with Gasteiger partial charge in [-0.3, -0.25) is 4.79 Å². The van der Waals surface area contributed by atoms with E-state index in [-0.39, 0.29) is 12.4 Å². The van der Waals surface area contributed by atoms with E-state index in [9.17, 15) is 14.0 Å². The number of esters is 1. The minimum Gasteiger partial charge on any atom is -0.494 e. The molecule has 1 atom stereocenters. The minimum absolute atomic E-state index is 0.304. The second-order valence-corrected chi connectivity index (χ2v) is 5.99. The summed E-state index contributed by atoms with van der Waals surface area (Å²) in [6.07, 6.45) is -0.391. The Morgan fingerprint density at radius 2 is 1.61 bits per heavy atom. The molecule has 0 radical (unpaired) electrons. The standard InChI is InChI=1S/C21H24FNO5/c1-3-26-18-8-10-19(11-9-18)27-14-20(24)28-15(2)21(25)23-13-12-16-4-6-17(22)7-5-16/h4-11,15H,3,12-14H2,1-2H3,(H,23,25)/t15-/m0/s1. The lowest BCUT2D eigenvalue weighted by Crippen LogP contribution is -2.37. The third-order valence-corrected chi connectivity index (χ3v) is 3.80. The van der Waals surface area contributed by atoms with Gasteiger partial charge in [0.05, 0.1) is 6.61 Å². The van der Waals surface area contributed by atoms with Gasteiger partial charge in [0.25, 0.3) is 5.91 Å². The van der Waals surface area contributed by atoms with Crippen LogP contribution in [0.1, 0.15) is 19.4 Å². The number of ether oxygens (including phenoxy) is 3. The van der Waals surface area contributed by atoms with Crippen molar-refractivity contribution < 1.29 is 28.2 Å². The summed E-state index contributed by atoms with van der Waals surface area (Å²) >= 11 is 0. The molecule has 0 heterocycles. The van der Waals surface area contributed by atoms with E-state index in [1.54, 1.807) is 36.4 Å². The lowest BCUT2D eigenvalue weighted by Gasteiger charge is -2.14. The first-order valence-corrected chi connectivity index (χ1v) is 9.05. The Kier molecular flexibility index (Phi) is 8.27. The van der Waals surface area contributed by atoms with E-state index in [0.29, 0.717) is 31.1 Å². The van der Waals surface area contributed by atoms with Gasteiger partial charge in [-0.2, -0.15) is 0 Å². The fourth-order valence-electron chi connectivity index (χ4n) is 2.35. The van der Waals surface area contributed by atoms with Crippen LogP contribution in [-0.2, 0) is 20.7 Å². The van der Waals surface area contributed by atoms with E-state index in [4.69, 9.17) is 14.2 Å².